The first-order chi connectivity index (χ1) is 7.27. The van der Waals surface area contributed by atoms with Crippen molar-refractivity contribution in [3.8, 4) is 0 Å². The Kier molecular flexibility index (Phi) is 3.66. The van der Waals surface area contributed by atoms with Crippen molar-refractivity contribution in [2.75, 3.05) is 13.1 Å². The van der Waals surface area contributed by atoms with E-state index in [-0.39, 0.29) is 11.0 Å². The Hall–Kier alpha value is -0.520. The van der Waals surface area contributed by atoms with E-state index >= 15 is 0 Å². The summed E-state index contributed by atoms with van der Waals surface area (Å²) in [4.78, 5) is 3.94. The summed E-state index contributed by atoms with van der Waals surface area (Å²) in [6.45, 7) is 1.06. The maximum atomic E-state index is 13.3. The van der Waals surface area contributed by atoms with Crippen LogP contribution in [0.5, 0.6) is 0 Å². The number of hydrogen-bond acceptors (Lipinski definition) is 3. The molecule has 0 radical (unpaired) electrons. The van der Waals surface area contributed by atoms with Crippen molar-refractivity contribution in [2.45, 2.75) is 17.2 Å². The summed E-state index contributed by atoms with van der Waals surface area (Å²) in [7, 11) is 0. The number of aromatic nitrogens is 1. The molecule has 0 spiro atoms. The van der Waals surface area contributed by atoms with Gasteiger partial charge < -0.3 is 5.32 Å². The number of hydrogen-bond donors (Lipinski definition) is 2. The SMILES string of the molecule is FC1CNCC(c2ccccn2)NC1Br. The van der Waals surface area contributed by atoms with Crippen LogP contribution in [-0.2, 0) is 0 Å². The van der Waals surface area contributed by atoms with Gasteiger partial charge in [-0.15, -0.1) is 0 Å². The van der Waals surface area contributed by atoms with Crippen LogP contribution in [0, 0.1) is 0 Å². The first-order valence-corrected chi connectivity index (χ1v) is 5.85. The molecular weight excluding hydrogens is 261 g/mol. The summed E-state index contributed by atoms with van der Waals surface area (Å²) in [6, 6.07) is 5.80. The van der Waals surface area contributed by atoms with Crippen molar-refractivity contribution in [2.24, 2.45) is 0 Å². The highest BCUT2D eigenvalue weighted by atomic mass is 79.9. The highest BCUT2D eigenvalue weighted by molar-refractivity contribution is 9.09. The Morgan fingerprint density at radius 3 is 3.00 bits per heavy atom. The van der Waals surface area contributed by atoms with Gasteiger partial charge in [0, 0.05) is 19.3 Å². The molecular formula is C10H13BrFN3. The normalized spacial score (nSPS) is 32.3. The topological polar surface area (TPSA) is 37.0 Å². The van der Waals surface area contributed by atoms with Crippen LogP contribution in [0.2, 0.25) is 0 Å². The molecule has 3 unspecified atom stereocenters. The van der Waals surface area contributed by atoms with Crippen LogP contribution in [-0.4, -0.2) is 29.2 Å². The van der Waals surface area contributed by atoms with E-state index in [0.29, 0.717) is 13.1 Å². The molecule has 1 fully saturated rings. The van der Waals surface area contributed by atoms with Crippen LogP contribution in [0.3, 0.4) is 0 Å². The summed E-state index contributed by atoms with van der Waals surface area (Å²) in [5.74, 6) is 0. The van der Waals surface area contributed by atoms with E-state index in [0.717, 1.165) is 5.69 Å². The van der Waals surface area contributed by atoms with Crippen LogP contribution in [0.15, 0.2) is 24.4 Å². The number of nitrogens with zero attached hydrogens (tertiary/aromatic N) is 1. The molecule has 15 heavy (non-hydrogen) atoms. The van der Waals surface area contributed by atoms with E-state index in [1.165, 1.54) is 0 Å². The lowest BCUT2D eigenvalue weighted by Crippen LogP contribution is -2.34. The minimum Gasteiger partial charge on any atom is -0.312 e. The Morgan fingerprint density at radius 2 is 2.27 bits per heavy atom. The lowest BCUT2D eigenvalue weighted by atomic mass is 10.2. The summed E-state index contributed by atoms with van der Waals surface area (Å²) in [5, 5.41) is 6.23. The molecule has 1 aliphatic heterocycles. The number of rotatable bonds is 1. The highest BCUT2D eigenvalue weighted by Gasteiger charge is 2.26. The molecule has 3 nitrogen and oxygen atoms in total. The Bertz CT molecular complexity index is 309. The summed E-state index contributed by atoms with van der Waals surface area (Å²) < 4.78 is 13.3. The van der Waals surface area contributed by atoms with Gasteiger partial charge in [-0.25, -0.2) is 4.39 Å². The first-order valence-electron chi connectivity index (χ1n) is 4.93. The molecule has 1 saturated heterocycles. The van der Waals surface area contributed by atoms with E-state index in [4.69, 9.17) is 0 Å². The van der Waals surface area contributed by atoms with Gasteiger partial charge in [-0.3, -0.25) is 10.3 Å². The lowest BCUT2D eigenvalue weighted by molar-refractivity contribution is 0.311. The fraction of sp³-hybridized carbons (Fsp3) is 0.500. The van der Waals surface area contributed by atoms with Crippen molar-refractivity contribution >= 4 is 15.9 Å². The average molecular weight is 274 g/mol. The van der Waals surface area contributed by atoms with Crippen molar-refractivity contribution in [3.63, 3.8) is 0 Å². The first kappa shape index (κ1) is 11.0. The summed E-state index contributed by atoms with van der Waals surface area (Å²) >= 11 is 3.29. The Morgan fingerprint density at radius 1 is 1.40 bits per heavy atom. The second kappa shape index (κ2) is 5.01. The van der Waals surface area contributed by atoms with Gasteiger partial charge in [0.25, 0.3) is 0 Å². The smallest absolute Gasteiger partial charge is 0.138 e. The van der Waals surface area contributed by atoms with Crippen LogP contribution < -0.4 is 10.6 Å². The molecule has 0 aliphatic carbocycles. The summed E-state index contributed by atoms with van der Waals surface area (Å²) in [5.41, 5.74) is 0.934. The summed E-state index contributed by atoms with van der Waals surface area (Å²) in [6.07, 6.45) is 0.830. The van der Waals surface area contributed by atoms with E-state index in [1.807, 2.05) is 18.2 Å². The number of nitrogens with one attached hydrogen (secondary N) is 2. The molecule has 0 bridgehead atoms. The van der Waals surface area contributed by atoms with Crippen LogP contribution in [0.25, 0.3) is 0 Å². The number of pyridine rings is 1. The minimum atomic E-state index is -0.918. The second-order valence-electron chi connectivity index (χ2n) is 3.55. The molecule has 2 heterocycles. The van der Waals surface area contributed by atoms with Gasteiger partial charge in [-0.1, -0.05) is 22.0 Å². The maximum Gasteiger partial charge on any atom is 0.138 e. The van der Waals surface area contributed by atoms with Crippen LogP contribution in [0.1, 0.15) is 11.7 Å². The van der Waals surface area contributed by atoms with Crippen LogP contribution >= 0.6 is 15.9 Å². The third kappa shape index (κ3) is 2.74. The van der Waals surface area contributed by atoms with E-state index < -0.39 is 6.17 Å². The Labute approximate surface area is 96.6 Å². The third-order valence-electron chi connectivity index (χ3n) is 2.41. The molecule has 2 rings (SSSR count). The zero-order valence-electron chi connectivity index (χ0n) is 8.16. The average Bonchev–Trinajstić information content (AvgIpc) is 2.43. The van der Waals surface area contributed by atoms with Gasteiger partial charge >= 0.3 is 0 Å². The molecule has 3 atom stereocenters. The van der Waals surface area contributed by atoms with Gasteiger partial charge in [-0.05, 0) is 12.1 Å². The lowest BCUT2D eigenvalue weighted by Gasteiger charge is -2.18. The minimum absolute atomic E-state index is 0.0522. The van der Waals surface area contributed by atoms with E-state index in [9.17, 15) is 4.39 Å². The largest absolute Gasteiger partial charge is 0.312 e. The van der Waals surface area contributed by atoms with Crippen molar-refractivity contribution in [1.29, 1.82) is 0 Å². The van der Waals surface area contributed by atoms with Crippen molar-refractivity contribution in [3.05, 3.63) is 30.1 Å². The van der Waals surface area contributed by atoms with E-state index in [1.54, 1.807) is 6.20 Å². The highest BCUT2D eigenvalue weighted by Crippen LogP contribution is 2.17. The van der Waals surface area contributed by atoms with Gasteiger partial charge in [0.1, 0.15) is 6.17 Å². The molecule has 82 valence electrons. The third-order valence-corrected chi connectivity index (χ3v) is 3.25. The fourth-order valence-corrected chi connectivity index (χ4v) is 2.10. The maximum absolute atomic E-state index is 13.3. The second-order valence-corrected chi connectivity index (χ2v) is 4.54. The number of halogens is 2. The number of alkyl halides is 2. The van der Waals surface area contributed by atoms with Crippen molar-refractivity contribution < 1.29 is 4.39 Å². The van der Waals surface area contributed by atoms with Crippen LogP contribution in [0.4, 0.5) is 4.39 Å². The molecule has 2 N–H and O–H groups in total. The Balaban J connectivity index is 2.10. The molecule has 0 aromatic carbocycles. The fourth-order valence-electron chi connectivity index (χ4n) is 1.60. The van der Waals surface area contributed by atoms with Crippen molar-refractivity contribution in [1.82, 2.24) is 15.6 Å². The van der Waals surface area contributed by atoms with Gasteiger partial charge in [0.15, 0.2) is 0 Å². The predicted molar refractivity (Wildman–Crippen MR) is 60.6 cm³/mol. The zero-order valence-corrected chi connectivity index (χ0v) is 9.74. The predicted octanol–water partition coefficient (Wildman–Crippen LogP) is 1.37. The monoisotopic (exact) mass is 273 g/mol. The molecule has 5 heteroatoms. The van der Waals surface area contributed by atoms with Gasteiger partial charge in [-0.2, -0.15) is 0 Å². The van der Waals surface area contributed by atoms with Gasteiger partial charge in [0.05, 0.1) is 16.7 Å². The molecule has 1 aliphatic rings. The molecule has 0 amide bonds. The standard InChI is InChI=1S/C10H13BrFN3/c11-10-7(12)5-13-6-9(15-10)8-3-1-2-4-14-8/h1-4,7,9-10,13,15H,5-6H2. The quantitative estimate of drug-likeness (QED) is 0.600. The molecule has 1 aromatic heterocycles. The van der Waals surface area contributed by atoms with E-state index in [2.05, 4.69) is 31.5 Å². The zero-order chi connectivity index (χ0) is 10.7. The molecule has 0 saturated carbocycles. The van der Waals surface area contributed by atoms with Gasteiger partial charge in [0.2, 0.25) is 0 Å². The molecule has 1 aromatic rings.